The summed E-state index contributed by atoms with van der Waals surface area (Å²) in [5.74, 6) is -0.198. The normalized spacial score (nSPS) is 23.8. The number of carbonyl (C=O) groups excluding carboxylic acids is 1. The van der Waals surface area contributed by atoms with Gasteiger partial charge in [0, 0.05) is 6.42 Å². The molecule has 4 unspecified atom stereocenters. The fourth-order valence-electron chi connectivity index (χ4n) is 12.2. The molecule has 2 rings (SSSR count). The van der Waals surface area contributed by atoms with Gasteiger partial charge in [-0.1, -0.05) is 316 Å². The molecular weight excluding hydrogens is 1040 g/mol. The zero-order chi connectivity index (χ0) is 59.5. The summed E-state index contributed by atoms with van der Waals surface area (Å²) in [4.78, 5) is 13.3. The van der Waals surface area contributed by atoms with Crippen LogP contribution in [0.2, 0.25) is 0 Å². The number of rotatable bonds is 59. The van der Waals surface area contributed by atoms with Crippen molar-refractivity contribution in [3.8, 4) is 0 Å². The second-order valence-electron chi connectivity index (χ2n) is 25.4. The Kier molecular flexibility index (Phi) is 50.9. The smallest absolute Gasteiger partial charge is 0.220 e. The number of hydrogen-bond acceptors (Lipinski definition) is 13. The molecule has 82 heavy (non-hydrogen) atoms. The van der Waals surface area contributed by atoms with Crippen LogP contribution in [0.3, 0.4) is 0 Å². The van der Waals surface area contributed by atoms with Crippen molar-refractivity contribution in [2.24, 2.45) is 0 Å². The minimum Gasteiger partial charge on any atom is -0.394 e. The van der Waals surface area contributed by atoms with E-state index >= 15 is 0 Å². The first-order valence-corrected chi connectivity index (χ1v) is 35.3. The van der Waals surface area contributed by atoms with E-state index in [1.165, 1.54) is 257 Å². The summed E-state index contributed by atoms with van der Waals surface area (Å²) in [7, 11) is 0. The third-order valence-corrected chi connectivity index (χ3v) is 17.8. The van der Waals surface area contributed by atoms with Crippen molar-refractivity contribution in [3.05, 3.63) is 0 Å². The summed E-state index contributed by atoms with van der Waals surface area (Å²) < 4.78 is 22.9. The Hall–Kier alpha value is -1.01. The topological polar surface area (TPSA) is 228 Å². The van der Waals surface area contributed by atoms with Crippen LogP contribution in [-0.2, 0) is 23.7 Å². The minimum atomic E-state index is -1.78. The van der Waals surface area contributed by atoms with Crippen molar-refractivity contribution < 1.29 is 64.6 Å². The molecule has 0 radical (unpaired) electrons. The minimum absolute atomic E-state index is 0.198. The molecule has 0 spiro atoms. The Morgan fingerprint density at radius 3 is 1.04 bits per heavy atom. The van der Waals surface area contributed by atoms with Crippen LogP contribution in [-0.4, -0.2) is 140 Å². The molecule has 2 heterocycles. The van der Waals surface area contributed by atoms with Crippen LogP contribution in [0.15, 0.2) is 0 Å². The molecule has 9 N–H and O–H groups in total. The standard InChI is InChI=1S/C68H133NO13/c1-3-5-7-9-11-13-15-17-19-21-22-23-24-25-26-27-28-29-30-31-32-33-34-35-36-38-40-42-44-46-48-50-52-60(73)69-56(57(72)51-49-47-45-43-41-39-37-20-18-16-14-12-10-8-6-4-2)55-79-67-65(78)63(76)66(59(54-71)81-67)82-68-64(77)62(75)61(74)58(53-70)80-68/h56-59,61-68,70-72,74-78H,3-55H2,1-2H3,(H,69,73)/t56-,57+,58+,59+,61-,62?,63?,64?,65?,66+,67+,68-/m0/s1. The van der Waals surface area contributed by atoms with Gasteiger partial charge in [-0.15, -0.1) is 0 Å². The maximum Gasteiger partial charge on any atom is 0.220 e. The van der Waals surface area contributed by atoms with Crippen molar-refractivity contribution in [1.82, 2.24) is 5.32 Å². The van der Waals surface area contributed by atoms with E-state index in [4.69, 9.17) is 18.9 Å². The second-order valence-corrected chi connectivity index (χ2v) is 25.4. The van der Waals surface area contributed by atoms with Gasteiger partial charge in [-0.05, 0) is 12.8 Å². The highest BCUT2D eigenvalue weighted by atomic mass is 16.7. The van der Waals surface area contributed by atoms with Crippen molar-refractivity contribution in [1.29, 1.82) is 0 Å². The first-order chi connectivity index (χ1) is 40.1. The number of amides is 1. The highest BCUT2D eigenvalue weighted by Gasteiger charge is 2.51. The SMILES string of the molecule is CCCCCCCCCCCCCCCCCCCCCCCCCCCCCCCCCCC(=O)N[C@@H](CO[C@@H]1O[C@H](CO)[C@@H](O[C@@H]2O[C@H](CO)[C@H](O)C(O)C2O)C(O)C1O)[C@H](O)CCCCCCCCCCCCCCCCCC. The van der Waals surface area contributed by atoms with Gasteiger partial charge in [-0.3, -0.25) is 4.79 Å². The average Bonchev–Trinajstić information content (AvgIpc) is 3.52. The van der Waals surface area contributed by atoms with Crippen LogP contribution in [0.25, 0.3) is 0 Å². The number of aliphatic hydroxyl groups is 8. The van der Waals surface area contributed by atoms with Crippen molar-refractivity contribution in [2.45, 2.75) is 408 Å². The molecule has 0 bridgehead atoms. The van der Waals surface area contributed by atoms with Gasteiger partial charge in [-0.25, -0.2) is 0 Å². The summed E-state index contributed by atoms with van der Waals surface area (Å²) >= 11 is 0. The maximum atomic E-state index is 13.3. The molecule has 2 aliphatic rings. The third-order valence-electron chi connectivity index (χ3n) is 17.8. The lowest BCUT2D eigenvalue weighted by molar-refractivity contribution is -0.359. The number of aliphatic hydroxyl groups excluding tert-OH is 8. The largest absolute Gasteiger partial charge is 0.394 e. The molecule has 2 aliphatic heterocycles. The van der Waals surface area contributed by atoms with Crippen molar-refractivity contribution in [2.75, 3.05) is 19.8 Å². The lowest BCUT2D eigenvalue weighted by atomic mass is 9.97. The Bertz CT molecular complexity index is 1380. The van der Waals surface area contributed by atoms with Gasteiger partial charge < -0.3 is 65.1 Å². The van der Waals surface area contributed by atoms with Crippen LogP contribution in [0.4, 0.5) is 0 Å². The molecule has 0 aliphatic carbocycles. The highest BCUT2D eigenvalue weighted by molar-refractivity contribution is 5.76. The van der Waals surface area contributed by atoms with Gasteiger partial charge in [0.1, 0.15) is 48.8 Å². The van der Waals surface area contributed by atoms with E-state index in [1.54, 1.807) is 0 Å². The van der Waals surface area contributed by atoms with E-state index in [9.17, 15) is 45.6 Å². The fraction of sp³-hybridized carbons (Fsp3) is 0.985. The van der Waals surface area contributed by atoms with E-state index in [1.807, 2.05) is 0 Å². The number of ether oxygens (including phenoxy) is 4. The van der Waals surface area contributed by atoms with Gasteiger partial charge in [0.05, 0.1) is 32.0 Å². The molecule has 1 amide bonds. The lowest BCUT2D eigenvalue weighted by Crippen LogP contribution is -2.65. The Balaban J connectivity index is 1.61. The summed E-state index contributed by atoms with van der Waals surface area (Å²) in [6, 6.07) is -0.823. The zero-order valence-electron chi connectivity index (χ0n) is 53.0. The highest BCUT2D eigenvalue weighted by Crippen LogP contribution is 2.30. The predicted octanol–water partition coefficient (Wildman–Crippen LogP) is 14.0. The quantitative estimate of drug-likeness (QED) is 0.0259. The molecule has 12 atom stereocenters. The molecule has 0 aromatic rings. The number of hydrogen-bond donors (Lipinski definition) is 9. The summed E-state index contributed by atoms with van der Waals surface area (Å²) in [6.45, 7) is 2.92. The summed E-state index contributed by atoms with van der Waals surface area (Å²) in [6.07, 6.45) is 47.1. The Labute approximate surface area is 502 Å². The van der Waals surface area contributed by atoms with E-state index in [-0.39, 0.29) is 12.5 Å². The van der Waals surface area contributed by atoms with Crippen LogP contribution >= 0.6 is 0 Å². The van der Waals surface area contributed by atoms with Crippen molar-refractivity contribution in [3.63, 3.8) is 0 Å². The number of unbranched alkanes of at least 4 members (excludes halogenated alkanes) is 46. The van der Waals surface area contributed by atoms with E-state index in [0.29, 0.717) is 12.8 Å². The van der Waals surface area contributed by atoms with Gasteiger partial charge in [0.2, 0.25) is 5.91 Å². The van der Waals surface area contributed by atoms with E-state index < -0.39 is 86.8 Å². The van der Waals surface area contributed by atoms with Gasteiger partial charge in [-0.2, -0.15) is 0 Å². The van der Waals surface area contributed by atoms with Crippen molar-refractivity contribution >= 4 is 5.91 Å². The monoisotopic (exact) mass is 1170 g/mol. The summed E-state index contributed by atoms with van der Waals surface area (Å²) in [5.41, 5.74) is 0. The van der Waals surface area contributed by atoms with Crippen LogP contribution < -0.4 is 5.32 Å². The average molecular weight is 1170 g/mol. The van der Waals surface area contributed by atoms with E-state index in [2.05, 4.69) is 19.2 Å². The number of nitrogens with one attached hydrogen (secondary N) is 1. The molecular formula is C68H133NO13. The van der Waals surface area contributed by atoms with E-state index in [0.717, 1.165) is 51.4 Å². The second kappa shape index (κ2) is 54.2. The molecule has 0 saturated carbocycles. The van der Waals surface area contributed by atoms with Gasteiger partial charge >= 0.3 is 0 Å². The first kappa shape index (κ1) is 77.1. The Morgan fingerprint density at radius 2 is 0.695 bits per heavy atom. The molecule has 2 saturated heterocycles. The fourth-order valence-corrected chi connectivity index (χ4v) is 12.2. The lowest BCUT2D eigenvalue weighted by Gasteiger charge is -2.46. The molecule has 0 aromatic carbocycles. The molecule has 488 valence electrons. The predicted molar refractivity (Wildman–Crippen MR) is 332 cm³/mol. The van der Waals surface area contributed by atoms with Gasteiger partial charge in [0.15, 0.2) is 12.6 Å². The van der Waals surface area contributed by atoms with Gasteiger partial charge in [0.25, 0.3) is 0 Å². The molecule has 2 fully saturated rings. The van der Waals surface area contributed by atoms with Crippen LogP contribution in [0.1, 0.15) is 335 Å². The summed E-state index contributed by atoms with van der Waals surface area (Å²) in [5, 5.41) is 87.5. The first-order valence-electron chi connectivity index (χ1n) is 35.3. The number of carbonyl (C=O) groups is 1. The molecule has 14 nitrogen and oxygen atoms in total. The molecule has 14 heteroatoms. The van der Waals surface area contributed by atoms with Crippen LogP contribution in [0, 0.1) is 0 Å². The Morgan fingerprint density at radius 1 is 0.390 bits per heavy atom. The van der Waals surface area contributed by atoms with Crippen LogP contribution in [0.5, 0.6) is 0 Å². The maximum absolute atomic E-state index is 13.3. The molecule has 0 aromatic heterocycles. The third kappa shape index (κ3) is 38.3. The zero-order valence-corrected chi connectivity index (χ0v) is 53.0.